The lowest BCUT2D eigenvalue weighted by molar-refractivity contribution is -0.154. The van der Waals surface area contributed by atoms with Gasteiger partial charge in [-0.05, 0) is 19.4 Å². The Kier molecular flexibility index (Phi) is 5.57. The molecule has 0 saturated heterocycles. The largest absolute Gasteiger partial charge is 0.468 e. The van der Waals surface area contributed by atoms with Crippen molar-refractivity contribution in [3.63, 3.8) is 0 Å². The maximum atomic E-state index is 12.2. The van der Waals surface area contributed by atoms with Crippen LogP contribution in [0.25, 0.3) is 0 Å². The second-order valence-corrected chi connectivity index (χ2v) is 6.51. The van der Waals surface area contributed by atoms with Crippen LogP contribution in [-0.2, 0) is 10.0 Å². The van der Waals surface area contributed by atoms with Crippen LogP contribution in [0.5, 0.6) is 5.88 Å². The van der Waals surface area contributed by atoms with E-state index >= 15 is 0 Å². The van der Waals surface area contributed by atoms with Crippen molar-refractivity contribution in [3.8, 4) is 5.88 Å². The van der Waals surface area contributed by atoms with Gasteiger partial charge in [0, 0.05) is 19.2 Å². The van der Waals surface area contributed by atoms with Crippen molar-refractivity contribution in [2.45, 2.75) is 37.4 Å². The minimum atomic E-state index is -4.47. The van der Waals surface area contributed by atoms with E-state index in [1.807, 2.05) is 6.92 Å². The second kappa shape index (κ2) is 6.61. The van der Waals surface area contributed by atoms with Crippen LogP contribution in [-0.4, -0.2) is 43.6 Å². The zero-order valence-electron chi connectivity index (χ0n) is 11.9. The lowest BCUT2D eigenvalue weighted by Crippen LogP contribution is -2.34. The van der Waals surface area contributed by atoms with Gasteiger partial charge in [0.2, 0.25) is 15.9 Å². The molecule has 120 valence electrons. The molecule has 1 heterocycles. The minimum absolute atomic E-state index is 0.0929. The van der Waals surface area contributed by atoms with Gasteiger partial charge in [0.15, 0.2) is 6.61 Å². The number of nitrogens with zero attached hydrogens (tertiary/aromatic N) is 2. The van der Waals surface area contributed by atoms with E-state index in [-0.39, 0.29) is 16.8 Å². The first-order valence-electron chi connectivity index (χ1n) is 6.21. The molecule has 0 fully saturated rings. The molecule has 0 aliphatic rings. The summed E-state index contributed by atoms with van der Waals surface area (Å²) in [5.74, 6) is -0.280. The molecule has 0 bridgehead atoms. The Morgan fingerprint density at radius 1 is 1.38 bits per heavy atom. The summed E-state index contributed by atoms with van der Waals surface area (Å²) in [6.07, 6.45) is -2.85. The molecule has 1 atom stereocenters. The van der Waals surface area contributed by atoms with Gasteiger partial charge in [-0.2, -0.15) is 17.5 Å². The predicted octanol–water partition coefficient (Wildman–Crippen LogP) is 2.44. The normalized spacial score (nSPS) is 14.2. The van der Waals surface area contributed by atoms with Crippen LogP contribution in [0.3, 0.4) is 0 Å². The van der Waals surface area contributed by atoms with E-state index in [1.54, 1.807) is 6.92 Å². The molecule has 9 heteroatoms. The molecular formula is C12H17F3N2O3S. The molecular weight excluding hydrogens is 309 g/mol. The zero-order valence-corrected chi connectivity index (χ0v) is 12.7. The molecule has 0 unspecified atom stereocenters. The van der Waals surface area contributed by atoms with Gasteiger partial charge >= 0.3 is 6.18 Å². The quantitative estimate of drug-likeness (QED) is 0.806. The van der Waals surface area contributed by atoms with Crippen LogP contribution in [0, 0.1) is 0 Å². The third kappa shape index (κ3) is 4.85. The maximum Gasteiger partial charge on any atom is 0.422 e. The Morgan fingerprint density at radius 3 is 2.43 bits per heavy atom. The number of aromatic nitrogens is 1. The monoisotopic (exact) mass is 326 g/mol. The number of hydrogen-bond acceptors (Lipinski definition) is 4. The Hall–Kier alpha value is -1.35. The Labute approximate surface area is 121 Å². The minimum Gasteiger partial charge on any atom is -0.468 e. The van der Waals surface area contributed by atoms with Crippen LogP contribution in [0.1, 0.15) is 20.3 Å². The van der Waals surface area contributed by atoms with E-state index in [0.29, 0.717) is 6.42 Å². The van der Waals surface area contributed by atoms with Gasteiger partial charge in [-0.3, -0.25) is 0 Å². The summed E-state index contributed by atoms with van der Waals surface area (Å²) in [6, 6.07) is 2.08. The number of pyridine rings is 1. The first-order chi connectivity index (χ1) is 9.58. The molecule has 5 nitrogen and oxygen atoms in total. The summed E-state index contributed by atoms with van der Waals surface area (Å²) in [5.41, 5.74) is 0. The molecule has 0 spiro atoms. The first kappa shape index (κ1) is 17.7. The highest BCUT2D eigenvalue weighted by Gasteiger charge is 2.29. The van der Waals surface area contributed by atoms with E-state index in [2.05, 4.69) is 9.72 Å². The van der Waals surface area contributed by atoms with E-state index < -0.39 is 22.8 Å². The number of alkyl halides is 3. The molecule has 1 rings (SSSR count). The summed E-state index contributed by atoms with van der Waals surface area (Å²) >= 11 is 0. The lowest BCUT2D eigenvalue weighted by Gasteiger charge is -2.23. The Morgan fingerprint density at radius 2 is 2.00 bits per heavy atom. The fraction of sp³-hybridized carbons (Fsp3) is 0.583. The standard InChI is InChI=1S/C12H17F3N2O3S/c1-4-9(2)17(3)21(18,19)10-5-6-11(16-7-10)20-8-12(13,14)15/h5-7,9H,4,8H2,1-3H3/t9-/m1/s1. The molecule has 1 aromatic rings. The number of sulfonamides is 1. The fourth-order valence-corrected chi connectivity index (χ4v) is 2.80. The molecule has 1 aromatic heterocycles. The third-order valence-corrected chi connectivity index (χ3v) is 4.94. The summed E-state index contributed by atoms with van der Waals surface area (Å²) < 4.78 is 66.0. The summed E-state index contributed by atoms with van der Waals surface area (Å²) in [4.78, 5) is 3.49. The molecule has 0 aliphatic heterocycles. The molecule has 0 aliphatic carbocycles. The van der Waals surface area contributed by atoms with Crippen molar-refractivity contribution in [3.05, 3.63) is 18.3 Å². The molecule has 0 N–H and O–H groups in total. The van der Waals surface area contributed by atoms with E-state index in [1.165, 1.54) is 17.4 Å². The predicted molar refractivity (Wildman–Crippen MR) is 70.5 cm³/mol. The van der Waals surface area contributed by atoms with Crippen molar-refractivity contribution in [1.29, 1.82) is 0 Å². The molecule has 21 heavy (non-hydrogen) atoms. The van der Waals surface area contributed by atoms with Crippen LogP contribution >= 0.6 is 0 Å². The van der Waals surface area contributed by atoms with Gasteiger partial charge in [-0.15, -0.1) is 0 Å². The smallest absolute Gasteiger partial charge is 0.422 e. The second-order valence-electron chi connectivity index (χ2n) is 4.51. The van der Waals surface area contributed by atoms with Crippen molar-refractivity contribution < 1.29 is 26.3 Å². The van der Waals surface area contributed by atoms with E-state index in [0.717, 1.165) is 12.3 Å². The highest BCUT2D eigenvalue weighted by atomic mass is 32.2. The van der Waals surface area contributed by atoms with Crippen LogP contribution in [0.2, 0.25) is 0 Å². The van der Waals surface area contributed by atoms with Crippen LogP contribution in [0.4, 0.5) is 13.2 Å². The van der Waals surface area contributed by atoms with Gasteiger partial charge in [0.05, 0.1) is 6.20 Å². The van der Waals surface area contributed by atoms with E-state index in [9.17, 15) is 21.6 Å². The van der Waals surface area contributed by atoms with E-state index in [4.69, 9.17) is 0 Å². The number of hydrogen-bond donors (Lipinski definition) is 0. The number of halogens is 3. The molecule has 0 amide bonds. The molecule has 0 aromatic carbocycles. The maximum absolute atomic E-state index is 12.2. The summed E-state index contributed by atoms with van der Waals surface area (Å²) in [5, 5.41) is 0. The van der Waals surface area contributed by atoms with Crippen molar-refractivity contribution in [1.82, 2.24) is 9.29 Å². The van der Waals surface area contributed by atoms with Gasteiger partial charge in [-0.25, -0.2) is 13.4 Å². The highest BCUT2D eigenvalue weighted by molar-refractivity contribution is 7.89. The summed E-state index contributed by atoms with van der Waals surface area (Å²) in [7, 11) is -2.28. The Balaban J connectivity index is 2.87. The van der Waals surface area contributed by atoms with Gasteiger partial charge in [-0.1, -0.05) is 6.92 Å². The highest BCUT2D eigenvalue weighted by Crippen LogP contribution is 2.20. The fourth-order valence-electron chi connectivity index (χ4n) is 1.42. The zero-order chi connectivity index (χ0) is 16.3. The average Bonchev–Trinajstić information content (AvgIpc) is 2.43. The van der Waals surface area contributed by atoms with Gasteiger partial charge < -0.3 is 4.74 Å². The van der Waals surface area contributed by atoms with Crippen molar-refractivity contribution in [2.75, 3.05) is 13.7 Å². The average molecular weight is 326 g/mol. The van der Waals surface area contributed by atoms with Crippen LogP contribution < -0.4 is 4.74 Å². The SMILES string of the molecule is CC[C@@H](C)N(C)S(=O)(=O)c1ccc(OCC(F)(F)F)nc1. The summed E-state index contributed by atoms with van der Waals surface area (Å²) in [6.45, 7) is 2.13. The first-order valence-corrected chi connectivity index (χ1v) is 7.65. The van der Waals surface area contributed by atoms with Crippen molar-refractivity contribution >= 4 is 10.0 Å². The van der Waals surface area contributed by atoms with Gasteiger partial charge in [0.25, 0.3) is 0 Å². The van der Waals surface area contributed by atoms with Crippen molar-refractivity contribution in [2.24, 2.45) is 0 Å². The molecule has 0 radical (unpaired) electrons. The Bertz CT molecular complexity index is 558. The van der Waals surface area contributed by atoms with Crippen LogP contribution in [0.15, 0.2) is 23.2 Å². The topological polar surface area (TPSA) is 59.5 Å². The number of rotatable bonds is 6. The molecule has 0 saturated carbocycles. The number of ether oxygens (including phenoxy) is 1. The van der Waals surface area contributed by atoms with Gasteiger partial charge in [0.1, 0.15) is 4.90 Å². The third-order valence-electron chi connectivity index (χ3n) is 2.98. The lowest BCUT2D eigenvalue weighted by atomic mass is 10.3.